The van der Waals surface area contributed by atoms with Crippen LogP contribution in [0.1, 0.15) is 65.2 Å². The van der Waals surface area contributed by atoms with Gasteiger partial charge in [-0.25, -0.2) is 0 Å². The lowest BCUT2D eigenvalue weighted by Crippen LogP contribution is -2.36. The largest absolute Gasteiger partial charge is 0.390 e. The van der Waals surface area contributed by atoms with E-state index in [9.17, 15) is 5.11 Å². The minimum atomic E-state index is -0.296. The lowest BCUT2D eigenvalue weighted by Gasteiger charge is -2.38. The molecule has 0 saturated heterocycles. The van der Waals surface area contributed by atoms with Gasteiger partial charge in [-0.2, -0.15) is 0 Å². The minimum Gasteiger partial charge on any atom is -0.390 e. The Morgan fingerprint density at radius 2 is 2.00 bits per heavy atom. The first-order valence-corrected chi connectivity index (χ1v) is 6.81. The molecule has 0 aromatic carbocycles. The van der Waals surface area contributed by atoms with Crippen LogP contribution in [0.3, 0.4) is 0 Å². The van der Waals surface area contributed by atoms with E-state index in [1.165, 1.54) is 32.1 Å². The quantitative estimate of drug-likeness (QED) is 0.749. The summed E-state index contributed by atoms with van der Waals surface area (Å²) in [4.78, 5) is 0. The molecule has 2 fully saturated rings. The van der Waals surface area contributed by atoms with Crippen LogP contribution in [-0.2, 0) is 0 Å². The van der Waals surface area contributed by atoms with E-state index in [1.807, 2.05) is 0 Å². The van der Waals surface area contributed by atoms with Gasteiger partial charge in [-0.15, -0.1) is 0 Å². The Labute approximate surface area is 94.3 Å². The molecule has 2 aliphatic rings. The molecule has 0 heterocycles. The normalized spacial score (nSPS) is 37.2. The van der Waals surface area contributed by atoms with Crippen LogP contribution in [0, 0.1) is 17.8 Å². The molecule has 2 aliphatic carbocycles. The molecule has 2 saturated carbocycles. The fourth-order valence-corrected chi connectivity index (χ4v) is 3.06. The molecule has 2 rings (SSSR count). The maximum Gasteiger partial charge on any atom is 0.0650 e. The Morgan fingerprint density at radius 1 is 1.27 bits per heavy atom. The van der Waals surface area contributed by atoms with Gasteiger partial charge in [0.05, 0.1) is 5.60 Å². The highest BCUT2D eigenvalue weighted by molar-refractivity contribution is 4.89. The summed E-state index contributed by atoms with van der Waals surface area (Å²) in [5.41, 5.74) is -0.296. The van der Waals surface area contributed by atoms with Gasteiger partial charge in [0.15, 0.2) is 0 Å². The predicted octanol–water partition coefficient (Wildman–Crippen LogP) is 3.75. The van der Waals surface area contributed by atoms with Crippen LogP contribution >= 0.6 is 0 Å². The van der Waals surface area contributed by atoms with Crippen molar-refractivity contribution in [3.05, 3.63) is 0 Å². The Hall–Kier alpha value is -0.0400. The van der Waals surface area contributed by atoms with E-state index < -0.39 is 0 Å². The molecule has 0 aromatic rings. The predicted molar refractivity (Wildman–Crippen MR) is 63.7 cm³/mol. The van der Waals surface area contributed by atoms with E-state index in [-0.39, 0.29) is 5.60 Å². The van der Waals surface area contributed by atoms with Crippen LogP contribution in [0.2, 0.25) is 0 Å². The van der Waals surface area contributed by atoms with Gasteiger partial charge < -0.3 is 5.11 Å². The third-order valence-electron chi connectivity index (χ3n) is 4.52. The van der Waals surface area contributed by atoms with Crippen LogP contribution in [-0.4, -0.2) is 10.7 Å². The van der Waals surface area contributed by atoms with Crippen molar-refractivity contribution in [3.8, 4) is 0 Å². The maximum atomic E-state index is 10.6. The molecule has 88 valence electrons. The lowest BCUT2D eigenvalue weighted by atomic mass is 9.72. The van der Waals surface area contributed by atoms with E-state index in [0.717, 1.165) is 37.0 Å². The van der Waals surface area contributed by atoms with Gasteiger partial charge in [0, 0.05) is 0 Å². The van der Waals surface area contributed by atoms with Crippen molar-refractivity contribution in [1.29, 1.82) is 0 Å². The van der Waals surface area contributed by atoms with Crippen LogP contribution in [0.15, 0.2) is 0 Å². The minimum absolute atomic E-state index is 0.296. The van der Waals surface area contributed by atoms with Gasteiger partial charge in [0.1, 0.15) is 0 Å². The van der Waals surface area contributed by atoms with E-state index in [2.05, 4.69) is 13.8 Å². The highest BCUT2D eigenvalue weighted by atomic mass is 16.3. The zero-order chi connectivity index (χ0) is 10.9. The molecule has 0 aromatic heterocycles. The van der Waals surface area contributed by atoms with Crippen LogP contribution in [0.5, 0.6) is 0 Å². The molecule has 0 radical (unpaired) electrons. The van der Waals surface area contributed by atoms with Gasteiger partial charge >= 0.3 is 0 Å². The Bertz CT molecular complexity index is 207. The second-order valence-corrected chi connectivity index (χ2v) is 6.31. The smallest absolute Gasteiger partial charge is 0.0650 e. The molecule has 2 atom stereocenters. The number of aliphatic hydroxyl groups is 1. The molecule has 0 bridgehead atoms. The van der Waals surface area contributed by atoms with Gasteiger partial charge in [-0.05, 0) is 49.9 Å². The molecule has 0 spiro atoms. The first-order chi connectivity index (χ1) is 7.09. The summed E-state index contributed by atoms with van der Waals surface area (Å²) in [6.07, 6.45) is 9.89. The highest BCUT2D eigenvalue weighted by Crippen LogP contribution is 2.42. The summed E-state index contributed by atoms with van der Waals surface area (Å²) >= 11 is 0. The summed E-state index contributed by atoms with van der Waals surface area (Å²) in [7, 11) is 0. The Kier molecular flexibility index (Phi) is 3.39. The summed E-state index contributed by atoms with van der Waals surface area (Å²) in [6.45, 7) is 4.61. The molecular weight excluding hydrogens is 184 g/mol. The molecular formula is C14H26O. The zero-order valence-corrected chi connectivity index (χ0v) is 10.3. The van der Waals surface area contributed by atoms with Crippen molar-refractivity contribution in [2.45, 2.75) is 70.8 Å². The van der Waals surface area contributed by atoms with Crippen molar-refractivity contribution >= 4 is 0 Å². The van der Waals surface area contributed by atoms with Gasteiger partial charge in [0.2, 0.25) is 0 Å². The number of rotatable bonds is 4. The van der Waals surface area contributed by atoms with E-state index in [1.54, 1.807) is 0 Å². The average molecular weight is 210 g/mol. The van der Waals surface area contributed by atoms with E-state index >= 15 is 0 Å². The Morgan fingerprint density at radius 3 is 2.60 bits per heavy atom. The third kappa shape index (κ3) is 3.21. The second kappa shape index (κ2) is 4.45. The van der Waals surface area contributed by atoms with Crippen LogP contribution in [0.25, 0.3) is 0 Å². The average Bonchev–Trinajstić information content (AvgIpc) is 2.98. The summed E-state index contributed by atoms with van der Waals surface area (Å²) < 4.78 is 0. The number of hydrogen-bond donors (Lipinski definition) is 1. The fraction of sp³-hybridized carbons (Fsp3) is 1.00. The van der Waals surface area contributed by atoms with Crippen molar-refractivity contribution in [3.63, 3.8) is 0 Å². The van der Waals surface area contributed by atoms with Crippen molar-refractivity contribution < 1.29 is 5.11 Å². The van der Waals surface area contributed by atoms with Gasteiger partial charge in [-0.3, -0.25) is 0 Å². The molecule has 0 aliphatic heterocycles. The zero-order valence-electron chi connectivity index (χ0n) is 10.3. The summed E-state index contributed by atoms with van der Waals surface area (Å²) in [5.74, 6) is 2.48. The molecule has 1 nitrogen and oxygen atoms in total. The first kappa shape index (κ1) is 11.4. The molecule has 0 amide bonds. The first-order valence-electron chi connectivity index (χ1n) is 6.81. The van der Waals surface area contributed by atoms with Gasteiger partial charge in [-0.1, -0.05) is 33.1 Å². The highest BCUT2D eigenvalue weighted by Gasteiger charge is 2.36. The topological polar surface area (TPSA) is 20.2 Å². The maximum absolute atomic E-state index is 10.6. The molecule has 2 unspecified atom stereocenters. The molecule has 1 heteroatoms. The van der Waals surface area contributed by atoms with Gasteiger partial charge in [0.25, 0.3) is 0 Å². The fourth-order valence-electron chi connectivity index (χ4n) is 3.06. The Balaban J connectivity index is 1.82. The second-order valence-electron chi connectivity index (χ2n) is 6.31. The summed E-state index contributed by atoms with van der Waals surface area (Å²) in [6, 6.07) is 0. The number of hydrogen-bond acceptors (Lipinski definition) is 1. The standard InChI is InChI=1S/C14H26O/c1-11(2)13-4-3-8-14(15,10-13)9-7-12-5-6-12/h11-13,15H,3-10H2,1-2H3. The molecule has 15 heavy (non-hydrogen) atoms. The van der Waals surface area contributed by atoms with Crippen molar-refractivity contribution in [2.24, 2.45) is 17.8 Å². The SMILES string of the molecule is CC(C)C1CCCC(O)(CCC2CC2)C1. The summed E-state index contributed by atoms with van der Waals surface area (Å²) in [5, 5.41) is 10.6. The lowest BCUT2D eigenvalue weighted by molar-refractivity contribution is -0.0334. The van der Waals surface area contributed by atoms with E-state index in [4.69, 9.17) is 0 Å². The van der Waals surface area contributed by atoms with Crippen molar-refractivity contribution in [2.75, 3.05) is 0 Å². The van der Waals surface area contributed by atoms with Crippen LogP contribution in [0.4, 0.5) is 0 Å². The molecule has 1 N–H and O–H groups in total. The third-order valence-corrected chi connectivity index (χ3v) is 4.52. The monoisotopic (exact) mass is 210 g/mol. The van der Waals surface area contributed by atoms with Crippen LogP contribution < -0.4 is 0 Å². The van der Waals surface area contributed by atoms with Crippen molar-refractivity contribution in [1.82, 2.24) is 0 Å². The van der Waals surface area contributed by atoms with E-state index in [0.29, 0.717) is 0 Å².